The molecule has 0 heterocycles. The Labute approximate surface area is 140 Å². The van der Waals surface area contributed by atoms with Crippen LogP contribution in [-0.2, 0) is 8.85 Å². The molecule has 0 fully saturated rings. The van der Waals surface area contributed by atoms with E-state index in [1.165, 1.54) is 0 Å². The first-order chi connectivity index (χ1) is 9.66. The largest absolute Gasteiger partial charge is 0.544 e. The molecule has 1 unspecified atom stereocenters. The average molecular weight is 341 g/mol. The van der Waals surface area contributed by atoms with E-state index < -0.39 is 16.6 Å². The Bertz CT molecular complexity index is 449. The van der Waals surface area contributed by atoms with Gasteiger partial charge in [0.05, 0.1) is 5.76 Å². The van der Waals surface area contributed by atoms with Crippen LogP contribution in [0.4, 0.5) is 0 Å². The van der Waals surface area contributed by atoms with Gasteiger partial charge in [-0.25, -0.2) is 0 Å². The van der Waals surface area contributed by atoms with Crippen molar-refractivity contribution in [2.75, 3.05) is 6.61 Å². The van der Waals surface area contributed by atoms with Crippen LogP contribution in [0.3, 0.4) is 0 Å². The third-order valence-corrected chi connectivity index (χ3v) is 14.4. The normalized spacial score (nSPS) is 20.3. The Hall–Kier alpha value is -0.326. The van der Waals surface area contributed by atoms with Crippen LogP contribution >= 0.6 is 0 Å². The van der Waals surface area contributed by atoms with E-state index in [1.54, 1.807) is 0 Å². The van der Waals surface area contributed by atoms with Gasteiger partial charge >= 0.3 is 0 Å². The first-order valence-corrected chi connectivity index (χ1v) is 14.2. The topological polar surface area (TPSA) is 18.5 Å². The molecule has 0 spiro atoms. The predicted octanol–water partition coefficient (Wildman–Crippen LogP) is 6.10. The molecule has 0 radical (unpaired) electrons. The highest BCUT2D eigenvalue weighted by Gasteiger charge is 2.40. The van der Waals surface area contributed by atoms with Crippen LogP contribution in [0.5, 0.6) is 0 Å². The molecule has 4 heteroatoms. The number of allylic oxidation sites excluding steroid dienone is 1. The molecule has 0 saturated carbocycles. The fraction of sp³-hybridized carbons (Fsp3) is 0.778. The summed E-state index contributed by atoms with van der Waals surface area (Å²) in [6.07, 6.45) is 6.57. The van der Waals surface area contributed by atoms with Gasteiger partial charge in [0.2, 0.25) is 8.32 Å². The summed E-state index contributed by atoms with van der Waals surface area (Å²) in [4.78, 5) is 0. The molecule has 1 aliphatic rings. The maximum atomic E-state index is 6.36. The maximum absolute atomic E-state index is 6.36. The van der Waals surface area contributed by atoms with Crippen molar-refractivity contribution in [3.05, 3.63) is 24.0 Å². The standard InChI is InChI=1S/C18H36O2Si2/c1-17(2,3)21(7,8)19-14-15-11-12-16(13-15)20-22(9,10)18(4,5)6/h11-13,15H,14H2,1-10H3. The number of hydrogen-bond acceptors (Lipinski definition) is 2. The molecule has 128 valence electrons. The summed E-state index contributed by atoms with van der Waals surface area (Å²) < 4.78 is 12.7. The second kappa shape index (κ2) is 6.29. The third kappa shape index (κ3) is 4.83. The Morgan fingerprint density at radius 2 is 1.41 bits per heavy atom. The minimum absolute atomic E-state index is 0.234. The van der Waals surface area contributed by atoms with Gasteiger partial charge in [0, 0.05) is 12.5 Å². The molecule has 2 nitrogen and oxygen atoms in total. The van der Waals surface area contributed by atoms with Gasteiger partial charge in [0.15, 0.2) is 8.32 Å². The molecule has 0 bridgehead atoms. The highest BCUT2D eigenvalue weighted by Crippen LogP contribution is 2.39. The Morgan fingerprint density at radius 1 is 0.909 bits per heavy atom. The van der Waals surface area contributed by atoms with Crippen molar-refractivity contribution in [2.24, 2.45) is 5.92 Å². The van der Waals surface area contributed by atoms with Gasteiger partial charge in [-0.3, -0.25) is 0 Å². The van der Waals surface area contributed by atoms with E-state index in [0.717, 1.165) is 12.4 Å². The molecule has 1 atom stereocenters. The van der Waals surface area contributed by atoms with Crippen molar-refractivity contribution in [1.29, 1.82) is 0 Å². The van der Waals surface area contributed by atoms with E-state index in [4.69, 9.17) is 8.85 Å². The Balaban J connectivity index is 2.63. The van der Waals surface area contributed by atoms with Crippen molar-refractivity contribution < 1.29 is 8.85 Å². The van der Waals surface area contributed by atoms with Gasteiger partial charge in [-0.05, 0) is 48.4 Å². The van der Waals surface area contributed by atoms with Crippen LogP contribution in [-0.4, -0.2) is 23.2 Å². The number of rotatable bonds is 5. The summed E-state index contributed by atoms with van der Waals surface area (Å²) in [6, 6.07) is 0. The zero-order chi connectivity index (χ0) is 17.4. The second-order valence-corrected chi connectivity index (χ2v) is 19.1. The first kappa shape index (κ1) is 19.7. The van der Waals surface area contributed by atoms with Gasteiger partial charge < -0.3 is 8.85 Å². The third-order valence-electron chi connectivity index (χ3n) is 5.51. The average Bonchev–Trinajstić information content (AvgIpc) is 2.70. The second-order valence-electron chi connectivity index (χ2n) is 9.53. The first-order valence-electron chi connectivity index (χ1n) is 8.39. The summed E-state index contributed by atoms with van der Waals surface area (Å²) in [6.45, 7) is 23.6. The molecule has 1 aliphatic carbocycles. The SMILES string of the molecule is CC(C)(C)[Si](C)(C)OCC1C=CC(O[Si](C)(C)C(C)(C)C)=C1. The molecule has 0 saturated heterocycles. The Morgan fingerprint density at radius 3 is 1.86 bits per heavy atom. The summed E-state index contributed by atoms with van der Waals surface area (Å²) in [7, 11) is -3.41. The van der Waals surface area contributed by atoms with Crippen molar-refractivity contribution in [3.63, 3.8) is 0 Å². The van der Waals surface area contributed by atoms with E-state index >= 15 is 0 Å². The molecule has 22 heavy (non-hydrogen) atoms. The lowest BCUT2D eigenvalue weighted by atomic mass is 10.2. The molecule has 0 aromatic rings. The van der Waals surface area contributed by atoms with Crippen molar-refractivity contribution in [3.8, 4) is 0 Å². The molecule has 0 aromatic carbocycles. The molecule has 0 N–H and O–H groups in total. The van der Waals surface area contributed by atoms with E-state index in [1.807, 2.05) is 0 Å². The lowest BCUT2D eigenvalue weighted by Crippen LogP contribution is -2.41. The van der Waals surface area contributed by atoms with Crippen LogP contribution in [0.2, 0.25) is 36.3 Å². The fourth-order valence-electron chi connectivity index (χ4n) is 1.68. The van der Waals surface area contributed by atoms with Gasteiger partial charge in [0.1, 0.15) is 0 Å². The van der Waals surface area contributed by atoms with E-state index in [2.05, 4.69) is 86.0 Å². The van der Waals surface area contributed by atoms with Crippen LogP contribution in [0.15, 0.2) is 24.0 Å². The van der Waals surface area contributed by atoms with Crippen molar-refractivity contribution in [1.82, 2.24) is 0 Å². The highest BCUT2D eigenvalue weighted by atomic mass is 28.4. The summed E-state index contributed by atoms with van der Waals surface area (Å²) in [5.41, 5.74) is 0. The summed E-state index contributed by atoms with van der Waals surface area (Å²) in [5, 5.41) is 0.497. The summed E-state index contributed by atoms with van der Waals surface area (Å²) in [5.74, 6) is 1.39. The van der Waals surface area contributed by atoms with E-state index in [9.17, 15) is 0 Å². The van der Waals surface area contributed by atoms with Gasteiger partial charge in [0.25, 0.3) is 0 Å². The van der Waals surface area contributed by atoms with E-state index in [0.29, 0.717) is 5.92 Å². The van der Waals surface area contributed by atoms with Gasteiger partial charge in [-0.2, -0.15) is 0 Å². The van der Waals surface area contributed by atoms with Gasteiger partial charge in [-0.1, -0.05) is 47.6 Å². The molecule has 0 aromatic heterocycles. The van der Waals surface area contributed by atoms with E-state index in [-0.39, 0.29) is 10.1 Å². The fourth-order valence-corrected chi connectivity index (χ4v) is 3.75. The minimum Gasteiger partial charge on any atom is -0.544 e. The molecular formula is C18H36O2Si2. The molecular weight excluding hydrogens is 304 g/mol. The summed E-state index contributed by atoms with van der Waals surface area (Å²) >= 11 is 0. The lowest BCUT2D eigenvalue weighted by molar-refractivity contribution is 0.269. The van der Waals surface area contributed by atoms with Gasteiger partial charge in [-0.15, -0.1) is 0 Å². The van der Waals surface area contributed by atoms with Crippen molar-refractivity contribution >= 4 is 16.6 Å². The van der Waals surface area contributed by atoms with Crippen molar-refractivity contribution in [2.45, 2.75) is 77.8 Å². The Kier molecular flexibility index (Phi) is 5.64. The number of hydrogen-bond donors (Lipinski definition) is 0. The molecule has 1 rings (SSSR count). The van der Waals surface area contributed by atoms with Crippen LogP contribution in [0.1, 0.15) is 41.5 Å². The molecule has 0 amide bonds. The van der Waals surface area contributed by atoms with Crippen LogP contribution in [0.25, 0.3) is 0 Å². The smallest absolute Gasteiger partial charge is 0.250 e. The zero-order valence-corrected chi connectivity index (χ0v) is 18.3. The maximum Gasteiger partial charge on any atom is 0.250 e. The minimum atomic E-state index is -1.74. The predicted molar refractivity (Wildman–Crippen MR) is 102 cm³/mol. The molecule has 0 aliphatic heterocycles. The quantitative estimate of drug-likeness (QED) is 0.563. The van der Waals surface area contributed by atoms with Crippen LogP contribution < -0.4 is 0 Å². The zero-order valence-electron chi connectivity index (χ0n) is 16.3. The lowest BCUT2D eigenvalue weighted by Gasteiger charge is -2.37. The highest BCUT2D eigenvalue weighted by molar-refractivity contribution is 6.74. The monoisotopic (exact) mass is 340 g/mol. The van der Waals surface area contributed by atoms with Crippen LogP contribution in [0, 0.1) is 5.92 Å².